The zero-order chi connectivity index (χ0) is 14.8. The van der Waals surface area contributed by atoms with E-state index in [0.717, 1.165) is 16.4 Å². The zero-order valence-corrected chi connectivity index (χ0v) is 12.1. The Balaban J connectivity index is 1.80. The van der Waals surface area contributed by atoms with E-state index in [2.05, 4.69) is 15.0 Å². The van der Waals surface area contributed by atoms with Gasteiger partial charge in [0.2, 0.25) is 0 Å². The average molecular weight is 299 g/mol. The fourth-order valence-electron chi connectivity index (χ4n) is 1.99. The van der Waals surface area contributed by atoms with Crippen LogP contribution in [-0.4, -0.2) is 26.0 Å². The maximum atomic E-state index is 10.9. The Hall–Kier alpha value is -2.34. The number of fused-ring (bicyclic) bond motifs is 1. The third-order valence-corrected chi connectivity index (χ3v) is 3.96. The molecule has 0 aliphatic heterocycles. The predicted octanol–water partition coefficient (Wildman–Crippen LogP) is 3.26. The van der Waals surface area contributed by atoms with Crippen molar-refractivity contribution < 1.29 is 9.90 Å². The summed E-state index contributed by atoms with van der Waals surface area (Å²) in [4.78, 5) is 22.9. The van der Waals surface area contributed by atoms with Crippen molar-refractivity contribution in [2.24, 2.45) is 0 Å². The zero-order valence-electron chi connectivity index (χ0n) is 11.3. The molecule has 0 saturated heterocycles. The summed E-state index contributed by atoms with van der Waals surface area (Å²) < 4.78 is 0. The Labute approximate surface area is 125 Å². The standard InChI is InChI=1S/C15H13N3O2S/c1-9-4-5-16-14(6-9)21-8-13-17-11-3-2-10(15(19)20)7-12(11)18-13/h2-7H,8H2,1H3,(H,17,18)(H,19,20). The van der Waals surface area contributed by atoms with Crippen molar-refractivity contribution in [3.05, 3.63) is 53.5 Å². The predicted molar refractivity (Wildman–Crippen MR) is 81.6 cm³/mol. The quantitative estimate of drug-likeness (QED) is 0.723. The summed E-state index contributed by atoms with van der Waals surface area (Å²) in [6.07, 6.45) is 1.79. The summed E-state index contributed by atoms with van der Waals surface area (Å²) >= 11 is 1.59. The smallest absolute Gasteiger partial charge is 0.335 e. The number of carboxylic acids is 1. The minimum Gasteiger partial charge on any atom is -0.478 e. The van der Waals surface area contributed by atoms with E-state index < -0.39 is 5.97 Å². The Morgan fingerprint density at radius 3 is 2.95 bits per heavy atom. The molecule has 2 N–H and O–H groups in total. The molecule has 0 aliphatic rings. The van der Waals surface area contributed by atoms with Gasteiger partial charge in [-0.2, -0.15) is 0 Å². The van der Waals surface area contributed by atoms with Gasteiger partial charge in [-0.3, -0.25) is 0 Å². The Kier molecular flexibility index (Phi) is 3.62. The van der Waals surface area contributed by atoms with Crippen LogP contribution in [0.5, 0.6) is 0 Å². The minimum atomic E-state index is -0.945. The van der Waals surface area contributed by atoms with Crippen LogP contribution in [0.4, 0.5) is 0 Å². The van der Waals surface area contributed by atoms with E-state index in [1.807, 2.05) is 19.1 Å². The molecule has 1 aromatic carbocycles. The highest BCUT2D eigenvalue weighted by molar-refractivity contribution is 7.98. The van der Waals surface area contributed by atoms with Crippen LogP contribution in [0.1, 0.15) is 21.7 Å². The number of nitrogens with zero attached hydrogens (tertiary/aromatic N) is 2. The number of thioether (sulfide) groups is 1. The van der Waals surface area contributed by atoms with Crippen LogP contribution in [0.15, 0.2) is 41.6 Å². The number of aryl methyl sites for hydroxylation is 1. The first-order valence-electron chi connectivity index (χ1n) is 6.39. The topological polar surface area (TPSA) is 78.9 Å². The lowest BCUT2D eigenvalue weighted by Crippen LogP contribution is -1.94. The number of rotatable bonds is 4. The molecule has 0 aliphatic carbocycles. The molecule has 106 valence electrons. The molecule has 2 heterocycles. The fourth-order valence-corrected chi connectivity index (χ4v) is 2.82. The first kappa shape index (κ1) is 13.6. The second-order valence-corrected chi connectivity index (χ2v) is 5.68. The lowest BCUT2D eigenvalue weighted by atomic mass is 10.2. The molecule has 0 unspecified atom stereocenters. The van der Waals surface area contributed by atoms with Crippen molar-refractivity contribution >= 4 is 28.8 Å². The van der Waals surface area contributed by atoms with Crippen molar-refractivity contribution in [2.45, 2.75) is 17.7 Å². The number of nitrogens with one attached hydrogen (secondary N) is 1. The van der Waals surface area contributed by atoms with E-state index in [4.69, 9.17) is 5.11 Å². The van der Waals surface area contributed by atoms with E-state index in [0.29, 0.717) is 11.3 Å². The van der Waals surface area contributed by atoms with E-state index in [1.54, 1.807) is 36.2 Å². The number of aromatic carboxylic acids is 1. The van der Waals surface area contributed by atoms with E-state index >= 15 is 0 Å². The lowest BCUT2D eigenvalue weighted by molar-refractivity contribution is 0.0697. The summed E-state index contributed by atoms with van der Waals surface area (Å²) in [6, 6.07) is 8.87. The molecule has 0 bridgehead atoms. The van der Waals surface area contributed by atoms with Gasteiger partial charge in [0, 0.05) is 6.20 Å². The molecule has 2 aromatic heterocycles. The van der Waals surface area contributed by atoms with Crippen molar-refractivity contribution in [3.63, 3.8) is 0 Å². The highest BCUT2D eigenvalue weighted by Gasteiger charge is 2.08. The molecule has 3 aromatic rings. The van der Waals surface area contributed by atoms with Crippen LogP contribution in [0.3, 0.4) is 0 Å². The second kappa shape index (κ2) is 5.57. The molecule has 5 nitrogen and oxygen atoms in total. The van der Waals surface area contributed by atoms with Gasteiger partial charge in [0.15, 0.2) is 0 Å². The van der Waals surface area contributed by atoms with Crippen LogP contribution in [0, 0.1) is 6.92 Å². The molecule has 0 saturated carbocycles. The van der Waals surface area contributed by atoms with Crippen LogP contribution in [0.2, 0.25) is 0 Å². The van der Waals surface area contributed by atoms with Gasteiger partial charge in [0.1, 0.15) is 5.82 Å². The van der Waals surface area contributed by atoms with E-state index in [1.165, 1.54) is 5.56 Å². The summed E-state index contributed by atoms with van der Waals surface area (Å²) in [5, 5.41) is 9.92. The third kappa shape index (κ3) is 3.05. The fraction of sp³-hybridized carbons (Fsp3) is 0.133. The summed E-state index contributed by atoms with van der Waals surface area (Å²) in [6.45, 7) is 2.03. The van der Waals surface area contributed by atoms with Crippen molar-refractivity contribution in [3.8, 4) is 0 Å². The SMILES string of the molecule is Cc1ccnc(SCc2nc3cc(C(=O)O)ccc3[nH]2)c1. The van der Waals surface area contributed by atoms with Gasteiger partial charge in [-0.1, -0.05) is 11.8 Å². The Morgan fingerprint density at radius 1 is 1.33 bits per heavy atom. The van der Waals surface area contributed by atoms with Gasteiger partial charge in [0.25, 0.3) is 0 Å². The summed E-state index contributed by atoms with van der Waals surface area (Å²) in [5.41, 5.74) is 2.92. The maximum absolute atomic E-state index is 10.9. The molecule has 0 amide bonds. The Bertz CT molecular complexity index is 814. The molecular formula is C15H13N3O2S. The lowest BCUT2D eigenvalue weighted by Gasteiger charge is -1.99. The third-order valence-electron chi connectivity index (χ3n) is 3.03. The molecule has 21 heavy (non-hydrogen) atoms. The largest absolute Gasteiger partial charge is 0.478 e. The highest BCUT2D eigenvalue weighted by Crippen LogP contribution is 2.22. The van der Waals surface area contributed by atoms with Gasteiger partial charge in [-0.25, -0.2) is 14.8 Å². The summed E-state index contributed by atoms with van der Waals surface area (Å²) in [7, 11) is 0. The number of pyridine rings is 1. The van der Waals surface area contributed by atoms with E-state index in [-0.39, 0.29) is 5.56 Å². The number of aromatic nitrogens is 3. The second-order valence-electron chi connectivity index (χ2n) is 4.68. The Morgan fingerprint density at radius 2 is 2.19 bits per heavy atom. The summed E-state index contributed by atoms with van der Waals surface area (Å²) in [5.74, 6) is 0.522. The number of imidazole rings is 1. The molecule has 0 spiro atoms. The van der Waals surface area contributed by atoms with Crippen LogP contribution in [-0.2, 0) is 5.75 Å². The maximum Gasteiger partial charge on any atom is 0.335 e. The number of aromatic amines is 1. The first-order chi connectivity index (χ1) is 10.1. The van der Waals surface area contributed by atoms with Crippen LogP contribution >= 0.6 is 11.8 Å². The highest BCUT2D eigenvalue weighted by atomic mass is 32.2. The van der Waals surface area contributed by atoms with Gasteiger partial charge in [-0.15, -0.1) is 0 Å². The first-order valence-corrected chi connectivity index (χ1v) is 7.38. The van der Waals surface area contributed by atoms with Gasteiger partial charge < -0.3 is 10.1 Å². The monoisotopic (exact) mass is 299 g/mol. The van der Waals surface area contributed by atoms with Gasteiger partial charge in [0.05, 0.1) is 27.4 Å². The van der Waals surface area contributed by atoms with Crippen molar-refractivity contribution in [2.75, 3.05) is 0 Å². The van der Waals surface area contributed by atoms with Gasteiger partial charge >= 0.3 is 5.97 Å². The normalized spacial score (nSPS) is 10.9. The number of H-pyrrole nitrogens is 1. The number of hydrogen-bond donors (Lipinski definition) is 2. The van der Waals surface area contributed by atoms with E-state index in [9.17, 15) is 4.79 Å². The minimum absolute atomic E-state index is 0.244. The van der Waals surface area contributed by atoms with Crippen LogP contribution < -0.4 is 0 Å². The number of carboxylic acid groups (broad SMARTS) is 1. The molecule has 3 rings (SSSR count). The number of carbonyl (C=O) groups is 1. The molecule has 0 radical (unpaired) electrons. The van der Waals surface area contributed by atoms with Crippen LogP contribution in [0.25, 0.3) is 11.0 Å². The van der Waals surface area contributed by atoms with Crippen molar-refractivity contribution in [1.29, 1.82) is 0 Å². The van der Waals surface area contributed by atoms with Crippen molar-refractivity contribution in [1.82, 2.24) is 15.0 Å². The molecular weight excluding hydrogens is 286 g/mol. The van der Waals surface area contributed by atoms with Gasteiger partial charge in [-0.05, 0) is 42.8 Å². The molecule has 0 atom stereocenters. The number of benzene rings is 1. The number of hydrogen-bond acceptors (Lipinski definition) is 4. The average Bonchev–Trinajstić information content (AvgIpc) is 2.87. The molecule has 6 heteroatoms. The molecule has 0 fully saturated rings.